The number of amides is 1. The fraction of sp³-hybridized carbons (Fsp3) is 0.261. The van der Waals surface area contributed by atoms with Crippen LogP contribution in [0.4, 0.5) is 16.2 Å². The van der Waals surface area contributed by atoms with Gasteiger partial charge in [-0.2, -0.15) is 0 Å². The van der Waals surface area contributed by atoms with E-state index in [-0.39, 0.29) is 24.0 Å². The number of hydrogen-bond donors (Lipinski definition) is 2. The fourth-order valence-corrected chi connectivity index (χ4v) is 3.93. The number of aliphatic hydroxyl groups is 1. The van der Waals surface area contributed by atoms with Gasteiger partial charge in [0.25, 0.3) is 5.91 Å². The van der Waals surface area contributed by atoms with Crippen LogP contribution in [-0.2, 0) is 13.0 Å². The van der Waals surface area contributed by atoms with E-state index >= 15 is 0 Å². The van der Waals surface area contributed by atoms with Crippen LogP contribution in [0.1, 0.15) is 34.5 Å². The van der Waals surface area contributed by atoms with Crippen LogP contribution >= 0.6 is 0 Å². The van der Waals surface area contributed by atoms with Gasteiger partial charge in [-0.25, -0.2) is 24.0 Å². The molecule has 0 aliphatic carbocycles. The highest BCUT2D eigenvalue weighted by Crippen LogP contribution is 2.26. The van der Waals surface area contributed by atoms with Crippen molar-refractivity contribution in [1.82, 2.24) is 35.2 Å². The Balaban J connectivity index is 1.38. The highest BCUT2D eigenvalue weighted by Gasteiger charge is 2.23. The average Bonchev–Trinajstić information content (AvgIpc) is 3.38. The van der Waals surface area contributed by atoms with Crippen LogP contribution in [0.15, 0.2) is 48.8 Å². The van der Waals surface area contributed by atoms with Crippen molar-refractivity contribution in [3.63, 3.8) is 0 Å². The minimum Gasteiger partial charge on any atom is -0.394 e. The molecule has 1 aromatic carbocycles. The minimum absolute atomic E-state index is 0.0782. The first-order valence-electron chi connectivity index (χ1n) is 11.0. The predicted molar refractivity (Wildman–Crippen MR) is 124 cm³/mol. The van der Waals surface area contributed by atoms with Crippen molar-refractivity contribution >= 4 is 17.7 Å². The van der Waals surface area contributed by atoms with Crippen molar-refractivity contribution < 1.29 is 14.3 Å². The Morgan fingerprint density at radius 2 is 2.03 bits per heavy atom. The van der Waals surface area contributed by atoms with E-state index in [4.69, 9.17) is 0 Å². The van der Waals surface area contributed by atoms with Gasteiger partial charge in [0, 0.05) is 25.5 Å². The molecule has 0 saturated heterocycles. The zero-order valence-corrected chi connectivity index (χ0v) is 18.8. The molecule has 4 heterocycles. The molecule has 1 amide bonds. The molecule has 3 aromatic heterocycles. The summed E-state index contributed by atoms with van der Waals surface area (Å²) in [5, 5.41) is 23.6. The van der Waals surface area contributed by atoms with Gasteiger partial charge >= 0.3 is 0 Å². The van der Waals surface area contributed by atoms with E-state index in [2.05, 4.69) is 35.8 Å². The second-order valence-corrected chi connectivity index (χ2v) is 8.16. The summed E-state index contributed by atoms with van der Waals surface area (Å²) in [5.41, 5.74) is 2.02. The number of aliphatic hydroxyl groups excluding tert-OH is 1. The Morgan fingerprint density at radius 1 is 1.20 bits per heavy atom. The molecule has 178 valence electrons. The summed E-state index contributed by atoms with van der Waals surface area (Å²) in [4.78, 5) is 27.9. The molecule has 0 bridgehead atoms. The Morgan fingerprint density at radius 3 is 2.83 bits per heavy atom. The van der Waals surface area contributed by atoms with Crippen LogP contribution in [-0.4, -0.2) is 59.3 Å². The number of halogens is 1. The Kier molecular flexibility index (Phi) is 6.10. The predicted octanol–water partition coefficient (Wildman–Crippen LogP) is 2.03. The molecule has 12 heteroatoms. The van der Waals surface area contributed by atoms with E-state index in [1.165, 1.54) is 10.7 Å². The summed E-state index contributed by atoms with van der Waals surface area (Å²) >= 11 is 0. The summed E-state index contributed by atoms with van der Waals surface area (Å²) in [5.74, 6) is -0.0674. The third-order valence-corrected chi connectivity index (χ3v) is 5.78. The lowest BCUT2D eigenvalue weighted by Crippen LogP contribution is -2.32. The first-order valence-corrected chi connectivity index (χ1v) is 11.0. The molecule has 0 saturated carbocycles. The third-order valence-electron chi connectivity index (χ3n) is 5.78. The van der Waals surface area contributed by atoms with E-state index in [0.717, 1.165) is 11.1 Å². The number of tetrazole rings is 1. The Labute approximate surface area is 199 Å². The maximum Gasteiger partial charge on any atom is 0.259 e. The molecule has 0 fully saturated rings. The molecular formula is C23H22FN9O2. The van der Waals surface area contributed by atoms with E-state index in [1.54, 1.807) is 49.6 Å². The molecule has 2 N–H and O–H groups in total. The molecule has 1 aliphatic rings. The van der Waals surface area contributed by atoms with Crippen molar-refractivity contribution in [2.24, 2.45) is 0 Å². The number of anilines is 2. The maximum absolute atomic E-state index is 14.9. The van der Waals surface area contributed by atoms with Gasteiger partial charge in [0.05, 0.1) is 18.2 Å². The molecule has 1 atom stereocenters. The number of nitrogens with one attached hydrogen (secondary N) is 1. The highest BCUT2D eigenvalue weighted by atomic mass is 19.1. The number of pyridine rings is 1. The van der Waals surface area contributed by atoms with Gasteiger partial charge in [-0.05, 0) is 65.2 Å². The van der Waals surface area contributed by atoms with E-state index in [0.29, 0.717) is 37.0 Å². The quantitative estimate of drug-likeness (QED) is 0.429. The minimum atomic E-state index is -0.619. The lowest BCUT2D eigenvalue weighted by atomic mass is 9.96. The smallest absolute Gasteiger partial charge is 0.259 e. The number of hydrogen-bond acceptors (Lipinski definition) is 9. The number of aromatic nitrogens is 7. The Hall–Kier alpha value is -4.32. The zero-order chi connectivity index (χ0) is 24.4. The van der Waals surface area contributed by atoms with Gasteiger partial charge in [-0.1, -0.05) is 6.07 Å². The van der Waals surface area contributed by atoms with Crippen molar-refractivity contribution in [3.05, 3.63) is 71.3 Å². The second-order valence-electron chi connectivity index (χ2n) is 8.16. The van der Waals surface area contributed by atoms with Crippen molar-refractivity contribution in [2.75, 3.05) is 23.4 Å². The van der Waals surface area contributed by atoms with Gasteiger partial charge in [0.15, 0.2) is 0 Å². The number of carbonyl (C=O) groups is 1. The summed E-state index contributed by atoms with van der Waals surface area (Å²) in [6, 6.07) is 9.34. The van der Waals surface area contributed by atoms with Crippen molar-refractivity contribution in [1.29, 1.82) is 0 Å². The molecule has 0 spiro atoms. The number of benzene rings is 1. The van der Waals surface area contributed by atoms with Crippen LogP contribution in [0.2, 0.25) is 0 Å². The normalized spacial score (nSPS) is 13.9. The van der Waals surface area contributed by atoms with Gasteiger partial charge in [0.1, 0.15) is 17.3 Å². The number of nitrogens with zero attached hydrogens (tertiary/aromatic N) is 8. The maximum atomic E-state index is 14.9. The summed E-state index contributed by atoms with van der Waals surface area (Å²) in [6.07, 6.45) is 3.97. The van der Waals surface area contributed by atoms with E-state index < -0.39 is 11.7 Å². The lowest BCUT2D eigenvalue weighted by Gasteiger charge is -2.29. The molecular weight excluding hydrogens is 453 g/mol. The second kappa shape index (κ2) is 9.50. The summed E-state index contributed by atoms with van der Waals surface area (Å²) in [7, 11) is 0. The molecule has 4 aromatic rings. The number of rotatable bonds is 6. The van der Waals surface area contributed by atoms with Gasteiger partial charge < -0.3 is 15.3 Å². The topological polar surface area (TPSA) is 135 Å². The molecule has 1 aliphatic heterocycles. The van der Waals surface area contributed by atoms with Crippen LogP contribution < -0.4 is 10.2 Å². The molecule has 5 rings (SSSR count). The fourth-order valence-electron chi connectivity index (χ4n) is 3.93. The largest absolute Gasteiger partial charge is 0.394 e. The van der Waals surface area contributed by atoms with E-state index in [9.17, 15) is 14.3 Å². The van der Waals surface area contributed by atoms with E-state index in [1.807, 2.05) is 4.90 Å². The summed E-state index contributed by atoms with van der Waals surface area (Å²) < 4.78 is 16.3. The molecule has 35 heavy (non-hydrogen) atoms. The third kappa shape index (κ3) is 4.55. The summed E-state index contributed by atoms with van der Waals surface area (Å²) in [6.45, 7) is 2.74. The molecule has 0 unspecified atom stereocenters. The molecule has 11 nitrogen and oxygen atoms in total. The van der Waals surface area contributed by atoms with Gasteiger partial charge in [-0.3, -0.25) is 4.79 Å². The Bertz CT molecular complexity index is 1360. The van der Waals surface area contributed by atoms with Crippen LogP contribution in [0.3, 0.4) is 0 Å². The molecule has 0 radical (unpaired) electrons. The number of fused-ring (bicyclic) bond motifs is 1. The first kappa shape index (κ1) is 22.5. The first-order chi connectivity index (χ1) is 17.0. The lowest BCUT2D eigenvalue weighted by molar-refractivity contribution is 0.102. The monoisotopic (exact) mass is 475 g/mol. The standard InChI is InChI=1S/C23H22FN9O2/c1-14(13-34)33-21(29-30-31-33)19-4-2-5-20(27-19)28-22(35)17-10-16-12-32(23-25-7-3-8-26-23)9-6-15(16)11-18(17)24/h2-5,7-8,10-11,14,34H,6,9,12-13H2,1H3,(H,27,28,35)/t14-/m1/s1. The van der Waals surface area contributed by atoms with Crippen molar-refractivity contribution in [2.45, 2.75) is 25.9 Å². The SMILES string of the molecule is C[C@H](CO)n1nnnc1-c1cccc(NC(=O)c2cc3c(cc2F)CCN(c2ncccn2)C3)n1. The van der Waals surface area contributed by atoms with Crippen LogP contribution in [0, 0.1) is 5.82 Å². The van der Waals surface area contributed by atoms with Gasteiger partial charge in [0.2, 0.25) is 11.8 Å². The number of carbonyl (C=O) groups excluding carboxylic acids is 1. The highest BCUT2D eigenvalue weighted by molar-refractivity contribution is 6.04. The zero-order valence-electron chi connectivity index (χ0n) is 18.8. The average molecular weight is 475 g/mol. The van der Waals surface area contributed by atoms with Gasteiger partial charge in [-0.15, -0.1) is 5.10 Å². The van der Waals surface area contributed by atoms with Crippen molar-refractivity contribution in [3.8, 4) is 11.5 Å². The van der Waals surface area contributed by atoms with Crippen LogP contribution in [0.5, 0.6) is 0 Å². The van der Waals surface area contributed by atoms with Crippen LogP contribution in [0.25, 0.3) is 11.5 Å².